The molecule has 1 aromatic heterocycles. The summed E-state index contributed by atoms with van der Waals surface area (Å²) in [7, 11) is 1.80. The SMILES string of the molecule is Cc1cnn(C)c1C(O)c1cc(Br)ccc1Cl. The molecule has 1 N–H and O–H groups in total. The van der Waals surface area contributed by atoms with E-state index in [1.54, 1.807) is 24.0 Å². The fourth-order valence-corrected chi connectivity index (χ4v) is 2.42. The van der Waals surface area contributed by atoms with Crippen molar-refractivity contribution in [2.24, 2.45) is 7.05 Å². The summed E-state index contributed by atoms with van der Waals surface area (Å²) in [4.78, 5) is 0. The topological polar surface area (TPSA) is 38.0 Å². The number of aryl methyl sites for hydroxylation is 2. The predicted octanol–water partition coefficient (Wildman–Crippen LogP) is 3.23. The molecule has 0 fully saturated rings. The Balaban J connectivity index is 2.50. The lowest BCUT2D eigenvalue weighted by Gasteiger charge is -2.14. The second-order valence-corrected chi connectivity index (χ2v) is 5.23. The Labute approximate surface area is 113 Å². The van der Waals surface area contributed by atoms with Crippen molar-refractivity contribution in [2.75, 3.05) is 0 Å². The van der Waals surface area contributed by atoms with E-state index in [-0.39, 0.29) is 0 Å². The minimum absolute atomic E-state index is 0.543. The maximum Gasteiger partial charge on any atom is 0.122 e. The maximum atomic E-state index is 10.4. The van der Waals surface area contributed by atoms with Crippen molar-refractivity contribution in [1.82, 2.24) is 9.78 Å². The second kappa shape index (κ2) is 4.80. The van der Waals surface area contributed by atoms with E-state index >= 15 is 0 Å². The molecule has 1 heterocycles. The lowest BCUT2D eigenvalue weighted by atomic mass is 10.0. The minimum atomic E-state index is -0.771. The molecule has 0 radical (unpaired) electrons. The summed E-state index contributed by atoms with van der Waals surface area (Å²) in [6.45, 7) is 1.91. The number of halogens is 2. The van der Waals surface area contributed by atoms with Crippen molar-refractivity contribution in [3.63, 3.8) is 0 Å². The molecule has 90 valence electrons. The van der Waals surface area contributed by atoms with Crippen molar-refractivity contribution in [1.29, 1.82) is 0 Å². The molecule has 2 aromatic rings. The fraction of sp³-hybridized carbons (Fsp3) is 0.250. The number of aliphatic hydroxyl groups is 1. The van der Waals surface area contributed by atoms with Gasteiger partial charge in [0.25, 0.3) is 0 Å². The van der Waals surface area contributed by atoms with Crippen LogP contribution in [0.5, 0.6) is 0 Å². The Kier molecular flexibility index (Phi) is 3.56. The van der Waals surface area contributed by atoms with E-state index in [9.17, 15) is 5.11 Å². The Bertz CT molecular complexity index is 534. The average Bonchev–Trinajstić information content (AvgIpc) is 2.61. The Hall–Kier alpha value is -0.840. The highest BCUT2D eigenvalue weighted by Crippen LogP contribution is 2.31. The average molecular weight is 316 g/mol. The standard InChI is InChI=1S/C12H12BrClN2O/c1-7-6-15-16(2)11(7)12(17)9-5-8(13)3-4-10(9)14/h3-6,12,17H,1-2H3. The van der Waals surface area contributed by atoms with E-state index in [4.69, 9.17) is 11.6 Å². The van der Waals surface area contributed by atoms with Crippen molar-refractivity contribution in [3.8, 4) is 0 Å². The first-order valence-corrected chi connectivity index (χ1v) is 6.29. The van der Waals surface area contributed by atoms with E-state index in [1.165, 1.54) is 0 Å². The Morgan fingerprint density at radius 2 is 2.18 bits per heavy atom. The summed E-state index contributed by atoms with van der Waals surface area (Å²) in [5.74, 6) is 0. The third-order valence-electron chi connectivity index (χ3n) is 2.69. The van der Waals surface area contributed by atoms with Crippen molar-refractivity contribution in [2.45, 2.75) is 13.0 Å². The van der Waals surface area contributed by atoms with Gasteiger partial charge in [-0.2, -0.15) is 5.10 Å². The summed E-state index contributed by atoms with van der Waals surface area (Å²) < 4.78 is 2.55. The zero-order valence-electron chi connectivity index (χ0n) is 9.48. The molecule has 1 atom stereocenters. The van der Waals surface area contributed by atoms with Gasteiger partial charge in [0.1, 0.15) is 6.10 Å². The number of hydrogen-bond donors (Lipinski definition) is 1. The van der Waals surface area contributed by atoms with Gasteiger partial charge in [-0.25, -0.2) is 0 Å². The van der Waals surface area contributed by atoms with Gasteiger partial charge in [-0.1, -0.05) is 27.5 Å². The molecule has 0 aliphatic heterocycles. The summed E-state index contributed by atoms with van der Waals surface area (Å²) >= 11 is 9.47. The van der Waals surface area contributed by atoms with Crippen LogP contribution in [0.1, 0.15) is 22.9 Å². The minimum Gasteiger partial charge on any atom is -0.382 e. The maximum absolute atomic E-state index is 10.4. The van der Waals surface area contributed by atoms with Gasteiger partial charge in [-0.05, 0) is 30.7 Å². The molecule has 5 heteroatoms. The van der Waals surface area contributed by atoms with Gasteiger partial charge in [0.05, 0.1) is 11.9 Å². The third-order valence-corrected chi connectivity index (χ3v) is 3.53. The highest BCUT2D eigenvalue weighted by Gasteiger charge is 2.19. The largest absolute Gasteiger partial charge is 0.382 e. The highest BCUT2D eigenvalue weighted by atomic mass is 79.9. The van der Waals surface area contributed by atoms with Gasteiger partial charge in [-0.3, -0.25) is 4.68 Å². The van der Waals surface area contributed by atoms with Crippen LogP contribution in [0.15, 0.2) is 28.9 Å². The molecule has 1 aromatic carbocycles. The molecule has 0 bridgehead atoms. The second-order valence-electron chi connectivity index (χ2n) is 3.90. The van der Waals surface area contributed by atoms with Crippen LogP contribution in [0.4, 0.5) is 0 Å². The summed E-state index contributed by atoms with van der Waals surface area (Å²) in [5.41, 5.74) is 2.37. The van der Waals surface area contributed by atoms with Crippen LogP contribution in [0.25, 0.3) is 0 Å². The van der Waals surface area contributed by atoms with E-state index in [2.05, 4.69) is 21.0 Å². The lowest BCUT2D eigenvalue weighted by Crippen LogP contribution is -2.08. The molecule has 3 nitrogen and oxygen atoms in total. The fourth-order valence-electron chi connectivity index (χ4n) is 1.82. The monoisotopic (exact) mass is 314 g/mol. The van der Waals surface area contributed by atoms with Crippen LogP contribution in [0, 0.1) is 6.92 Å². The van der Waals surface area contributed by atoms with Crippen molar-refractivity contribution in [3.05, 3.63) is 50.7 Å². The van der Waals surface area contributed by atoms with Gasteiger partial charge >= 0.3 is 0 Å². The van der Waals surface area contributed by atoms with E-state index in [0.717, 1.165) is 15.7 Å². The molecule has 0 aliphatic carbocycles. The lowest BCUT2D eigenvalue weighted by molar-refractivity contribution is 0.209. The molecule has 1 unspecified atom stereocenters. The molecular weight excluding hydrogens is 304 g/mol. The van der Waals surface area contributed by atoms with Gasteiger partial charge in [0.2, 0.25) is 0 Å². The van der Waals surface area contributed by atoms with E-state index < -0.39 is 6.10 Å². The van der Waals surface area contributed by atoms with Gasteiger partial charge in [-0.15, -0.1) is 0 Å². The number of nitrogens with zero attached hydrogens (tertiary/aromatic N) is 2. The molecule has 17 heavy (non-hydrogen) atoms. The van der Waals surface area contributed by atoms with Crippen LogP contribution in [0.2, 0.25) is 5.02 Å². The van der Waals surface area contributed by atoms with Gasteiger partial charge < -0.3 is 5.11 Å². The zero-order chi connectivity index (χ0) is 12.6. The molecule has 0 saturated carbocycles. The van der Waals surface area contributed by atoms with Crippen molar-refractivity contribution >= 4 is 27.5 Å². The quantitative estimate of drug-likeness (QED) is 0.924. The van der Waals surface area contributed by atoms with E-state index in [0.29, 0.717) is 10.6 Å². The van der Waals surface area contributed by atoms with E-state index in [1.807, 2.05) is 19.1 Å². The molecule has 2 rings (SSSR count). The number of aromatic nitrogens is 2. The summed E-state index contributed by atoms with van der Waals surface area (Å²) in [5, 5.41) is 15.0. The highest BCUT2D eigenvalue weighted by molar-refractivity contribution is 9.10. The predicted molar refractivity (Wildman–Crippen MR) is 71.2 cm³/mol. The molecule has 0 aliphatic rings. The van der Waals surface area contributed by atoms with Gasteiger partial charge in [0.15, 0.2) is 0 Å². The molecule has 0 amide bonds. The first-order chi connectivity index (χ1) is 8.00. The number of hydrogen-bond acceptors (Lipinski definition) is 2. The molecular formula is C12H12BrClN2O. The van der Waals surface area contributed by atoms with Gasteiger partial charge in [0, 0.05) is 22.1 Å². The van der Waals surface area contributed by atoms with Crippen LogP contribution in [-0.2, 0) is 7.05 Å². The third kappa shape index (κ3) is 2.39. The number of aliphatic hydroxyl groups excluding tert-OH is 1. The van der Waals surface area contributed by atoms with Crippen molar-refractivity contribution < 1.29 is 5.11 Å². The zero-order valence-corrected chi connectivity index (χ0v) is 11.8. The van der Waals surface area contributed by atoms with Crippen LogP contribution in [-0.4, -0.2) is 14.9 Å². The Morgan fingerprint density at radius 1 is 1.47 bits per heavy atom. The normalized spacial score (nSPS) is 12.8. The smallest absolute Gasteiger partial charge is 0.122 e. The van der Waals surface area contributed by atoms with Crippen LogP contribution >= 0.6 is 27.5 Å². The molecule has 0 saturated heterocycles. The summed E-state index contributed by atoms with van der Waals surface area (Å²) in [6, 6.07) is 5.42. The van der Waals surface area contributed by atoms with Crippen LogP contribution < -0.4 is 0 Å². The Morgan fingerprint density at radius 3 is 2.76 bits per heavy atom. The van der Waals surface area contributed by atoms with Crippen LogP contribution in [0.3, 0.4) is 0 Å². The first kappa shape index (κ1) is 12.6. The first-order valence-electron chi connectivity index (χ1n) is 5.12. The summed E-state index contributed by atoms with van der Waals surface area (Å²) in [6.07, 6.45) is 0.956. The number of rotatable bonds is 2. The molecule has 0 spiro atoms. The number of benzene rings is 1.